The number of benzene rings is 1. The van der Waals surface area contributed by atoms with Gasteiger partial charge in [-0.25, -0.2) is 9.97 Å². The third kappa shape index (κ3) is 1.95. The molecule has 4 nitrogen and oxygen atoms in total. The van der Waals surface area contributed by atoms with E-state index in [0.717, 1.165) is 39.6 Å². The fraction of sp³-hybridized carbons (Fsp3) is 0.200. The minimum atomic E-state index is 0.737. The van der Waals surface area contributed by atoms with Crippen molar-refractivity contribution in [3.05, 3.63) is 41.7 Å². The second kappa shape index (κ2) is 4.39. The largest absolute Gasteiger partial charge is 0.454 e. The van der Waals surface area contributed by atoms with Crippen LogP contribution in [0.3, 0.4) is 0 Å². The fourth-order valence-corrected chi connectivity index (χ4v) is 2.05. The van der Waals surface area contributed by atoms with Crippen LogP contribution in [0.4, 0.5) is 5.82 Å². The summed E-state index contributed by atoms with van der Waals surface area (Å²) in [6, 6.07) is 9.92. The summed E-state index contributed by atoms with van der Waals surface area (Å²) in [6.45, 7) is 3.90. The van der Waals surface area contributed by atoms with Gasteiger partial charge < -0.3 is 9.73 Å². The van der Waals surface area contributed by atoms with E-state index in [1.165, 1.54) is 0 Å². The van der Waals surface area contributed by atoms with Crippen molar-refractivity contribution in [1.29, 1.82) is 0 Å². The average Bonchev–Trinajstić information content (AvgIpc) is 2.85. The van der Waals surface area contributed by atoms with E-state index < -0.39 is 0 Å². The molecule has 19 heavy (non-hydrogen) atoms. The minimum absolute atomic E-state index is 0.737. The molecule has 4 heteroatoms. The summed E-state index contributed by atoms with van der Waals surface area (Å²) >= 11 is 0. The summed E-state index contributed by atoms with van der Waals surface area (Å²) in [5, 5.41) is 4.14. The van der Waals surface area contributed by atoms with Gasteiger partial charge in [0.2, 0.25) is 0 Å². The quantitative estimate of drug-likeness (QED) is 0.758. The number of hydrogen-bond donors (Lipinski definition) is 1. The first kappa shape index (κ1) is 11.7. The maximum atomic E-state index is 5.85. The van der Waals surface area contributed by atoms with Crippen molar-refractivity contribution in [1.82, 2.24) is 9.97 Å². The van der Waals surface area contributed by atoms with Crippen molar-refractivity contribution in [2.24, 2.45) is 0 Å². The molecule has 0 fully saturated rings. The third-order valence-corrected chi connectivity index (χ3v) is 3.20. The molecule has 0 saturated heterocycles. The first-order valence-electron chi connectivity index (χ1n) is 6.21. The van der Waals surface area contributed by atoms with Crippen LogP contribution in [-0.2, 0) is 0 Å². The predicted octanol–water partition coefficient (Wildman–Crippen LogP) is 3.55. The van der Waals surface area contributed by atoms with Crippen LogP contribution in [0.1, 0.15) is 11.4 Å². The molecule has 0 aliphatic heterocycles. The third-order valence-electron chi connectivity index (χ3n) is 3.20. The molecule has 3 rings (SSSR count). The van der Waals surface area contributed by atoms with E-state index in [1.54, 1.807) is 0 Å². The predicted molar refractivity (Wildman–Crippen MR) is 76.3 cm³/mol. The van der Waals surface area contributed by atoms with Crippen LogP contribution in [-0.4, -0.2) is 17.0 Å². The molecular formula is C15H15N3O. The maximum absolute atomic E-state index is 5.85. The van der Waals surface area contributed by atoms with E-state index in [-0.39, 0.29) is 0 Å². The van der Waals surface area contributed by atoms with Crippen molar-refractivity contribution in [3.63, 3.8) is 0 Å². The molecular weight excluding hydrogens is 238 g/mol. The van der Waals surface area contributed by atoms with E-state index >= 15 is 0 Å². The molecule has 2 heterocycles. The summed E-state index contributed by atoms with van der Waals surface area (Å²) in [6.07, 6.45) is 0. The molecule has 0 aliphatic rings. The fourth-order valence-electron chi connectivity index (χ4n) is 2.05. The van der Waals surface area contributed by atoms with Gasteiger partial charge in [-0.3, -0.25) is 0 Å². The molecule has 0 bridgehead atoms. The highest BCUT2D eigenvalue weighted by Gasteiger charge is 2.14. The van der Waals surface area contributed by atoms with Crippen molar-refractivity contribution >= 4 is 16.8 Å². The number of para-hydroxylation sites is 1. The normalized spacial score (nSPS) is 10.9. The van der Waals surface area contributed by atoms with Crippen LogP contribution >= 0.6 is 0 Å². The Kier molecular flexibility index (Phi) is 2.71. The molecule has 0 aliphatic carbocycles. The highest BCUT2D eigenvalue weighted by molar-refractivity contribution is 5.84. The van der Waals surface area contributed by atoms with Gasteiger partial charge in [0, 0.05) is 12.4 Å². The van der Waals surface area contributed by atoms with Gasteiger partial charge >= 0.3 is 0 Å². The Morgan fingerprint density at radius 3 is 2.53 bits per heavy atom. The minimum Gasteiger partial charge on any atom is -0.454 e. The zero-order valence-electron chi connectivity index (χ0n) is 11.2. The molecule has 0 radical (unpaired) electrons. The van der Waals surface area contributed by atoms with Gasteiger partial charge in [0.1, 0.15) is 11.3 Å². The zero-order chi connectivity index (χ0) is 13.4. The number of anilines is 1. The van der Waals surface area contributed by atoms with Crippen LogP contribution in [0.2, 0.25) is 0 Å². The number of rotatable bonds is 2. The summed E-state index contributed by atoms with van der Waals surface area (Å²) in [4.78, 5) is 9.09. The average molecular weight is 253 g/mol. The van der Waals surface area contributed by atoms with Gasteiger partial charge in [-0.15, -0.1) is 0 Å². The monoisotopic (exact) mass is 253 g/mol. The van der Waals surface area contributed by atoms with Crippen LogP contribution in [0.25, 0.3) is 22.4 Å². The van der Waals surface area contributed by atoms with Crippen molar-refractivity contribution < 1.29 is 4.42 Å². The number of hydrogen-bond acceptors (Lipinski definition) is 4. The molecule has 2 aromatic heterocycles. The summed E-state index contributed by atoms with van der Waals surface area (Å²) in [5.74, 6) is 1.48. The van der Waals surface area contributed by atoms with E-state index in [2.05, 4.69) is 15.3 Å². The smallest absolute Gasteiger partial charge is 0.157 e. The van der Waals surface area contributed by atoms with E-state index in [0.29, 0.717) is 0 Å². The van der Waals surface area contributed by atoms with Gasteiger partial charge in [-0.05, 0) is 26.0 Å². The van der Waals surface area contributed by atoms with Crippen LogP contribution in [0.5, 0.6) is 0 Å². The van der Waals surface area contributed by atoms with Gasteiger partial charge in [-0.1, -0.05) is 18.2 Å². The molecule has 0 unspecified atom stereocenters. The van der Waals surface area contributed by atoms with Crippen LogP contribution < -0.4 is 5.32 Å². The lowest BCUT2D eigenvalue weighted by atomic mass is 10.2. The zero-order valence-corrected chi connectivity index (χ0v) is 11.2. The van der Waals surface area contributed by atoms with E-state index in [9.17, 15) is 0 Å². The summed E-state index contributed by atoms with van der Waals surface area (Å²) < 4.78 is 5.85. The standard InChI is InChI=1S/C15H15N3O/c1-9-10(2)18-15(16-3)14(17-9)13-8-11-6-4-5-7-12(11)19-13/h4-8H,1-3H3,(H,16,18). The van der Waals surface area contributed by atoms with Gasteiger partial charge in [0.25, 0.3) is 0 Å². The van der Waals surface area contributed by atoms with Crippen molar-refractivity contribution in [2.75, 3.05) is 12.4 Å². The molecule has 0 saturated carbocycles. The van der Waals surface area contributed by atoms with Crippen LogP contribution in [0, 0.1) is 13.8 Å². The Morgan fingerprint density at radius 2 is 1.79 bits per heavy atom. The Bertz CT molecular complexity index is 713. The number of aryl methyl sites for hydroxylation is 2. The number of aromatic nitrogens is 2. The first-order valence-corrected chi connectivity index (χ1v) is 6.21. The van der Waals surface area contributed by atoms with E-state index in [4.69, 9.17) is 4.42 Å². The number of nitrogens with one attached hydrogen (secondary N) is 1. The Morgan fingerprint density at radius 1 is 1.05 bits per heavy atom. The maximum Gasteiger partial charge on any atom is 0.157 e. The Hall–Kier alpha value is -2.36. The Labute approximate surface area is 111 Å². The molecule has 3 aromatic rings. The molecule has 0 atom stereocenters. The topological polar surface area (TPSA) is 51.0 Å². The highest BCUT2D eigenvalue weighted by Crippen LogP contribution is 2.30. The van der Waals surface area contributed by atoms with E-state index in [1.807, 2.05) is 51.2 Å². The number of nitrogens with zero attached hydrogens (tertiary/aromatic N) is 2. The second-order valence-corrected chi connectivity index (χ2v) is 4.49. The lowest BCUT2D eigenvalue weighted by Crippen LogP contribution is -2.02. The molecule has 1 aromatic carbocycles. The van der Waals surface area contributed by atoms with Crippen molar-refractivity contribution in [3.8, 4) is 11.5 Å². The number of furan rings is 1. The molecule has 0 spiro atoms. The first-order chi connectivity index (χ1) is 9.19. The second-order valence-electron chi connectivity index (χ2n) is 4.49. The lowest BCUT2D eigenvalue weighted by Gasteiger charge is -2.08. The molecule has 0 amide bonds. The SMILES string of the molecule is CNc1nc(C)c(C)nc1-c1cc2ccccc2o1. The van der Waals surface area contributed by atoms with Gasteiger partial charge in [0.15, 0.2) is 11.6 Å². The summed E-state index contributed by atoms with van der Waals surface area (Å²) in [7, 11) is 1.84. The van der Waals surface area contributed by atoms with Crippen molar-refractivity contribution in [2.45, 2.75) is 13.8 Å². The van der Waals surface area contributed by atoms with Gasteiger partial charge in [0.05, 0.1) is 11.4 Å². The lowest BCUT2D eigenvalue weighted by molar-refractivity contribution is 0.628. The molecule has 96 valence electrons. The summed E-state index contributed by atoms with van der Waals surface area (Å²) in [5.41, 5.74) is 3.44. The van der Waals surface area contributed by atoms with Gasteiger partial charge in [-0.2, -0.15) is 0 Å². The van der Waals surface area contributed by atoms with Crippen LogP contribution in [0.15, 0.2) is 34.7 Å². The number of fused-ring (bicyclic) bond motifs is 1. The highest BCUT2D eigenvalue weighted by atomic mass is 16.3. The molecule has 1 N–H and O–H groups in total. The Balaban J connectivity index is 2.22.